The monoisotopic (exact) mass is 817 g/mol. The van der Waals surface area contributed by atoms with Gasteiger partial charge in [0.25, 0.3) is 0 Å². The number of guanidine groups is 1. The van der Waals surface area contributed by atoms with Gasteiger partial charge in [-0.05, 0) is 55.2 Å². The van der Waals surface area contributed by atoms with Crippen LogP contribution in [0.4, 0.5) is 26.0 Å². The van der Waals surface area contributed by atoms with Crippen molar-refractivity contribution < 1.29 is 33.0 Å². The number of halogens is 5. The van der Waals surface area contributed by atoms with E-state index in [-0.39, 0.29) is 80.4 Å². The molecule has 2 heterocycles. The minimum atomic E-state index is -1.12. The lowest BCUT2D eigenvalue weighted by atomic mass is 10.1. The number of ether oxygens (including phenoxy) is 1. The second-order valence-corrected chi connectivity index (χ2v) is 11.3. The summed E-state index contributed by atoms with van der Waals surface area (Å²) in [5, 5.41) is 20.7. The minimum absolute atomic E-state index is 0. The van der Waals surface area contributed by atoms with Crippen LogP contribution in [0.5, 0.6) is 5.75 Å². The maximum absolute atomic E-state index is 14.9. The van der Waals surface area contributed by atoms with Crippen molar-refractivity contribution in [2.75, 3.05) is 37.4 Å². The van der Waals surface area contributed by atoms with Crippen LogP contribution in [0.2, 0.25) is 0 Å². The largest absolute Gasteiger partial charge is 0.494 e. The summed E-state index contributed by atoms with van der Waals surface area (Å²) in [7, 11) is 1.26. The molecule has 4 aromatic rings. The Bertz CT molecular complexity index is 1920. The Morgan fingerprint density at radius 2 is 1.78 bits per heavy atom. The van der Waals surface area contributed by atoms with E-state index < -0.39 is 41.5 Å². The van der Waals surface area contributed by atoms with Crippen molar-refractivity contribution in [3.05, 3.63) is 66.1 Å². The Morgan fingerprint density at radius 3 is 2.44 bits per heavy atom. The number of aromatic nitrogens is 3. The zero-order valence-electron chi connectivity index (χ0n) is 29.3. The van der Waals surface area contributed by atoms with E-state index in [9.17, 15) is 23.2 Å². The average Bonchev–Trinajstić information content (AvgIpc) is 3.54. The molecule has 21 heteroatoms. The van der Waals surface area contributed by atoms with E-state index in [2.05, 4.69) is 36.2 Å². The summed E-state index contributed by atoms with van der Waals surface area (Å²) < 4.78 is 35.8. The number of carbonyl (C=O) groups excluding carboxylic acids is 2. The number of benzene rings is 2. The summed E-state index contributed by atoms with van der Waals surface area (Å²) in [5.74, 6) is -4.51. The number of carboxylic acid groups (broad SMARTS) is 1. The molecule has 2 atom stereocenters. The smallest absolute Gasteiger partial charge is 0.303 e. The predicted molar refractivity (Wildman–Crippen MR) is 209 cm³/mol. The number of aliphatic imine (C=N–C) groups is 1. The first-order valence-electron chi connectivity index (χ1n) is 16.0. The summed E-state index contributed by atoms with van der Waals surface area (Å²) in [4.78, 5) is 48.7. The van der Waals surface area contributed by atoms with E-state index in [1.165, 1.54) is 31.6 Å². The number of rotatable bonds is 18. The first kappa shape index (κ1) is 46.9. The van der Waals surface area contributed by atoms with Crippen molar-refractivity contribution >= 4 is 83.8 Å². The number of nitrogens with one attached hydrogen (secondary N) is 4. The quantitative estimate of drug-likeness (QED) is 0.0410. The van der Waals surface area contributed by atoms with Gasteiger partial charge >= 0.3 is 5.97 Å². The van der Waals surface area contributed by atoms with Gasteiger partial charge in [0.05, 0.1) is 31.6 Å². The lowest BCUT2D eigenvalue weighted by Crippen LogP contribution is -2.53. The van der Waals surface area contributed by atoms with E-state index in [1.54, 1.807) is 10.6 Å². The molecule has 11 N–H and O–H groups in total. The number of carboxylic acids is 1. The van der Waals surface area contributed by atoms with Gasteiger partial charge in [-0.15, -0.1) is 37.2 Å². The van der Waals surface area contributed by atoms with Gasteiger partial charge in [0.15, 0.2) is 29.0 Å². The molecule has 1 unspecified atom stereocenters. The molecule has 0 spiro atoms. The highest BCUT2D eigenvalue weighted by Gasteiger charge is 2.24. The van der Waals surface area contributed by atoms with Crippen molar-refractivity contribution in [3.8, 4) is 17.0 Å². The number of fused-ring (bicyclic) bond motifs is 1. The number of imidazole rings is 1. The van der Waals surface area contributed by atoms with Gasteiger partial charge in [-0.2, -0.15) is 4.39 Å². The fourth-order valence-electron chi connectivity index (χ4n) is 5.09. The van der Waals surface area contributed by atoms with Crippen molar-refractivity contribution in [2.24, 2.45) is 22.2 Å². The fourth-order valence-corrected chi connectivity index (χ4v) is 5.09. The second kappa shape index (κ2) is 22.1. The van der Waals surface area contributed by atoms with Gasteiger partial charge in [-0.25, -0.2) is 14.4 Å². The summed E-state index contributed by atoms with van der Waals surface area (Å²) >= 11 is 0. The minimum Gasteiger partial charge on any atom is -0.494 e. The first-order valence-corrected chi connectivity index (χ1v) is 16.0. The highest BCUT2D eigenvalue weighted by Crippen LogP contribution is 2.32. The maximum Gasteiger partial charge on any atom is 0.303 e. The molecule has 0 fully saturated rings. The molecular weight excluding hydrogens is 775 g/mol. The molecule has 0 saturated heterocycles. The highest BCUT2D eigenvalue weighted by atomic mass is 35.5. The normalized spacial score (nSPS) is 11.4. The van der Waals surface area contributed by atoms with Gasteiger partial charge in [-0.1, -0.05) is 6.92 Å². The van der Waals surface area contributed by atoms with Crippen LogP contribution in [0.15, 0.2) is 53.9 Å². The van der Waals surface area contributed by atoms with Gasteiger partial charge < -0.3 is 48.3 Å². The third-order valence-electron chi connectivity index (χ3n) is 7.78. The van der Waals surface area contributed by atoms with Crippen LogP contribution in [0.25, 0.3) is 16.9 Å². The fraction of sp³-hybridized carbons (Fsp3) is 0.333. The molecular formula is C33H44Cl3F2N11O5. The van der Waals surface area contributed by atoms with E-state index >= 15 is 0 Å². The molecule has 2 amide bonds. The molecule has 0 aliphatic heterocycles. The van der Waals surface area contributed by atoms with E-state index in [4.69, 9.17) is 27.0 Å². The number of aliphatic carboxylic acids is 1. The Hall–Kier alpha value is -5.17. The number of aryl methyl sites for hydroxylation is 1. The molecule has 0 radical (unpaired) electrons. The number of hydrogen-bond acceptors (Lipinski definition) is 10. The zero-order chi connectivity index (χ0) is 37.1. The second-order valence-electron chi connectivity index (χ2n) is 11.3. The number of hydrogen-bond donors (Lipinski definition) is 8. The first-order chi connectivity index (χ1) is 24.4. The molecule has 0 saturated carbocycles. The molecule has 2 aromatic carbocycles. The molecule has 0 aliphatic rings. The van der Waals surface area contributed by atoms with Crippen LogP contribution >= 0.6 is 37.2 Å². The predicted octanol–water partition coefficient (Wildman–Crippen LogP) is 3.12. The maximum atomic E-state index is 14.9. The topological polar surface area (TPSA) is 249 Å². The summed E-state index contributed by atoms with van der Waals surface area (Å²) in [6.07, 6.45) is 5.41. The number of nitrogens with two attached hydrogens (primary N) is 3. The third kappa shape index (κ3) is 12.2. The number of carbonyl (C=O) groups is 3. The van der Waals surface area contributed by atoms with Crippen LogP contribution in [-0.4, -0.2) is 82.0 Å². The summed E-state index contributed by atoms with van der Waals surface area (Å²) in [6, 6.07) is 6.26. The van der Waals surface area contributed by atoms with Crippen molar-refractivity contribution in [1.29, 1.82) is 0 Å². The van der Waals surface area contributed by atoms with Crippen LogP contribution < -0.4 is 43.2 Å². The van der Waals surface area contributed by atoms with Crippen molar-refractivity contribution in [1.82, 2.24) is 25.0 Å². The lowest BCUT2D eigenvalue weighted by Gasteiger charge is -2.19. The highest BCUT2D eigenvalue weighted by molar-refractivity contribution is 5.90. The molecule has 16 nitrogen and oxygen atoms in total. The van der Waals surface area contributed by atoms with Crippen LogP contribution in [-0.2, 0) is 20.8 Å². The number of amides is 2. The molecule has 54 heavy (non-hydrogen) atoms. The zero-order valence-corrected chi connectivity index (χ0v) is 31.8. The van der Waals surface area contributed by atoms with Gasteiger partial charge in [-0.3, -0.25) is 23.8 Å². The molecule has 0 bridgehead atoms. The number of anilines is 3. The van der Waals surface area contributed by atoms with Gasteiger partial charge in [0.1, 0.15) is 6.04 Å². The Balaban J connectivity index is 0.00000486. The SMILES string of the molecule is CCc1cc(Nc2nccn3c(-c4ccc(OC)c(F)c4F)cnc23)ccc1NCCCNC(=O)C(CN=C(N)N)NC(=O)[C@@H](N)CCC(=O)O.Cl.Cl.Cl. The number of nitrogens with zero attached hydrogens (tertiary/aromatic N) is 4. The van der Waals surface area contributed by atoms with Crippen LogP contribution in [0.3, 0.4) is 0 Å². The molecule has 2 aromatic heterocycles. The third-order valence-corrected chi connectivity index (χ3v) is 7.78. The standard InChI is InChI=1S/C33H41F2N11O5.3ClH/c1-3-18-15-19(44-29-30-42-17-24(46(30)14-13-40-29)20-6-9-25(51-2)28(35)27(20)34)5-8-22(18)39-11-4-12-41-32(50)23(16-43-33(37)38)45-31(49)21(36)7-10-26(47)48;;;/h5-6,8-9,13-15,17,21,23,39H,3-4,7,10-12,16,36H2,1-2H3,(H,40,44)(H,41,50)(H,45,49)(H,47,48)(H4,37,38,43);3*1H/t21-,23?;;;/m0.../s1. The Kier molecular flexibility index (Phi) is 19.2. The Morgan fingerprint density at radius 1 is 1.04 bits per heavy atom. The summed E-state index contributed by atoms with van der Waals surface area (Å²) in [6.45, 7) is 2.55. The van der Waals surface area contributed by atoms with E-state index in [1.807, 2.05) is 25.1 Å². The Labute approximate surface area is 328 Å². The van der Waals surface area contributed by atoms with Gasteiger partial charge in [0.2, 0.25) is 17.6 Å². The van der Waals surface area contributed by atoms with Gasteiger partial charge in [0, 0.05) is 48.8 Å². The van der Waals surface area contributed by atoms with Crippen molar-refractivity contribution in [2.45, 2.75) is 44.7 Å². The lowest BCUT2D eigenvalue weighted by molar-refractivity contribution is -0.137. The summed E-state index contributed by atoms with van der Waals surface area (Å²) in [5.41, 5.74) is 19.9. The average molecular weight is 819 g/mol. The van der Waals surface area contributed by atoms with Crippen LogP contribution in [0.1, 0.15) is 31.7 Å². The van der Waals surface area contributed by atoms with E-state index in [0.29, 0.717) is 36.5 Å². The van der Waals surface area contributed by atoms with Crippen LogP contribution in [0, 0.1) is 11.6 Å². The molecule has 4 rings (SSSR count). The van der Waals surface area contributed by atoms with E-state index in [0.717, 1.165) is 16.9 Å². The molecule has 296 valence electrons. The number of methoxy groups -OCH3 is 1. The molecule has 0 aliphatic carbocycles. The van der Waals surface area contributed by atoms with Crippen molar-refractivity contribution in [3.63, 3.8) is 0 Å².